The summed E-state index contributed by atoms with van der Waals surface area (Å²) in [6.45, 7) is 17.8. The number of hydrogen-bond acceptors (Lipinski definition) is 2. The van der Waals surface area contributed by atoms with E-state index in [2.05, 4.69) is 245 Å². The van der Waals surface area contributed by atoms with Crippen LogP contribution in [0.1, 0.15) is 44.5 Å². The quantitative estimate of drug-likeness (QED) is 0.130. The highest BCUT2D eigenvalue weighted by molar-refractivity contribution is 5.92. The summed E-state index contributed by atoms with van der Waals surface area (Å²) in [4.78, 5) is 4.65. The predicted molar refractivity (Wildman–Crippen MR) is 249 cm³/mol. The van der Waals surface area contributed by atoms with E-state index in [1.54, 1.807) is 0 Å². The highest BCUT2D eigenvalue weighted by Crippen LogP contribution is 2.42. The van der Waals surface area contributed by atoms with Gasteiger partial charge in [-0.1, -0.05) is 169 Å². The zero-order valence-electron chi connectivity index (χ0n) is 33.8. The smallest absolute Gasteiger partial charge is 0.0540 e. The minimum absolute atomic E-state index is 0.974. The van der Waals surface area contributed by atoms with Gasteiger partial charge in [-0.3, -0.25) is 0 Å². The van der Waals surface area contributed by atoms with E-state index in [0.717, 1.165) is 78.7 Å². The van der Waals surface area contributed by atoms with Crippen LogP contribution in [0.5, 0.6) is 0 Å². The summed E-state index contributed by atoms with van der Waals surface area (Å²) < 4.78 is 0. The third kappa shape index (κ3) is 7.91. The lowest BCUT2D eigenvalue weighted by atomic mass is 9.93. The fraction of sp³-hybridized carbons (Fsp3) is 0.0714. The van der Waals surface area contributed by atoms with Crippen LogP contribution in [0.4, 0.5) is 34.1 Å². The van der Waals surface area contributed by atoms with E-state index in [-0.39, 0.29) is 0 Å². The molecular weight excluding hydrogens is 701 g/mol. The molecule has 2 nitrogen and oxygen atoms in total. The number of para-hydroxylation sites is 2. The number of anilines is 6. The van der Waals surface area contributed by atoms with Crippen LogP contribution < -0.4 is 9.80 Å². The van der Waals surface area contributed by atoms with Crippen LogP contribution >= 0.6 is 0 Å². The van der Waals surface area contributed by atoms with Crippen molar-refractivity contribution < 1.29 is 0 Å². The van der Waals surface area contributed by atoms with Gasteiger partial charge in [-0.05, 0) is 122 Å². The van der Waals surface area contributed by atoms with Crippen LogP contribution in [0.25, 0.3) is 22.3 Å². The Hall–Kier alpha value is -7.16. The van der Waals surface area contributed by atoms with E-state index in [1.165, 1.54) is 22.3 Å². The summed E-state index contributed by atoms with van der Waals surface area (Å²) in [5.41, 5.74) is 20.1. The molecule has 8 aromatic rings. The van der Waals surface area contributed by atoms with E-state index in [0.29, 0.717) is 0 Å². The number of hydrogen-bond donors (Lipinski definition) is 0. The van der Waals surface area contributed by atoms with Crippen LogP contribution in [-0.2, 0) is 0 Å². The molecule has 0 amide bonds. The summed E-state index contributed by atoms with van der Waals surface area (Å²) in [6, 6.07) is 69.5. The summed E-state index contributed by atoms with van der Waals surface area (Å²) in [7, 11) is 0. The lowest BCUT2D eigenvalue weighted by Gasteiger charge is -2.28. The third-order valence-electron chi connectivity index (χ3n) is 10.9. The zero-order valence-corrected chi connectivity index (χ0v) is 33.8. The second-order valence-electron chi connectivity index (χ2n) is 15.2. The minimum atomic E-state index is 0.974. The molecule has 0 aliphatic heterocycles. The summed E-state index contributed by atoms with van der Waals surface area (Å²) in [6.07, 6.45) is 0. The third-order valence-corrected chi connectivity index (χ3v) is 10.9. The lowest BCUT2D eigenvalue weighted by molar-refractivity contribution is 1.26. The lowest BCUT2D eigenvalue weighted by Crippen LogP contribution is -2.12. The van der Waals surface area contributed by atoms with Crippen LogP contribution in [-0.4, -0.2) is 0 Å². The van der Waals surface area contributed by atoms with Gasteiger partial charge in [0, 0.05) is 33.9 Å². The predicted octanol–water partition coefficient (Wildman–Crippen LogP) is 15.6. The Balaban J connectivity index is 1.06. The molecule has 58 heavy (non-hydrogen) atoms. The molecule has 0 N–H and O–H groups in total. The molecule has 0 saturated carbocycles. The van der Waals surface area contributed by atoms with Gasteiger partial charge in [-0.25, -0.2) is 0 Å². The number of rotatable bonds is 11. The highest BCUT2D eigenvalue weighted by Gasteiger charge is 2.20. The molecule has 0 spiro atoms. The number of aryl methyl sites for hydroxylation is 4. The van der Waals surface area contributed by atoms with Crippen LogP contribution in [0.2, 0.25) is 0 Å². The van der Waals surface area contributed by atoms with Crippen molar-refractivity contribution in [3.05, 3.63) is 252 Å². The molecule has 0 saturated heterocycles. The molecule has 0 fully saturated rings. The van der Waals surface area contributed by atoms with Crippen molar-refractivity contribution in [2.75, 3.05) is 9.80 Å². The van der Waals surface area contributed by atoms with E-state index in [9.17, 15) is 0 Å². The number of benzene rings is 8. The van der Waals surface area contributed by atoms with E-state index >= 15 is 0 Å². The average Bonchev–Trinajstić information content (AvgIpc) is 3.26. The van der Waals surface area contributed by atoms with Crippen molar-refractivity contribution in [1.82, 2.24) is 0 Å². The van der Waals surface area contributed by atoms with Gasteiger partial charge in [-0.2, -0.15) is 0 Å². The second-order valence-corrected chi connectivity index (χ2v) is 15.2. The Bertz CT molecular complexity index is 2400. The van der Waals surface area contributed by atoms with E-state index in [1.807, 2.05) is 0 Å². The first kappa shape index (κ1) is 37.7. The highest BCUT2D eigenvalue weighted by atomic mass is 15.1. The van der Waals surface area contributed by atoms with E-state index in [4.69, 9.17) is 0 Å². The maximum absolute atomic E-state index is 4.64. The Kier molecular flexibility index (Phi) is 10.7. The molecule has 8 aromatic carbocycles. The topological polar surface area (TPSA) is 6.48 Å². The van der Waals surface area contributed by atoms with Gasteiger partial charge in [0.15, 0.2) is 0 Å². The minimum Gasteiger partial charge on any atom is -0.310 e. The maximum Gasteiger partial charge on any atom is 0.0540 e. The Morgan fingerprint density at radius 3 is 0.845 bits per heavy atom. The molecule has 8 rings (SSSR count). The first-order valence-corrected chi connectivity index (χ1v) is 19.9. The largest absolute Gasteiger partial charge is 0.310 e. The fourth-order valence-corrected chi connectivity index (χ4v) is 7.52. The van der Waals surface area contributed by atoms with Gasteiger partial charge < -0.3 is 9.80 Å². The second kappa shape index (κ2) is 16.5. The first-order chi connectivity index (χ1) is 28.2. The average molecular weight is 749 g/mol. The summed E-state index contributed by atoms with van der Waals surface area (Å²) in [5.74, 6) is 0. The maximum atomic E-state index is 4.64. The van der Waals surface area contributed by atoms with Crippen molar-refractivity contribution in [2.24, 2.45) is 0 Å². The SMILES string of the molecule is C=C(c1ccc(-c2ccc(C(=C)c3ccccc3N(c3ccc(C)cc3)c3ccc(C)cc3)cc2)cc1)c1ccccc1N(c1ccc(C)cc1)c1ccc(C)cc1. The monoisotopic (exact) mass is 748 g/mol. The Labute approximate surface area is 344 Å². The van der Waals surface area contributed by atoms with Crippen LogP contribution in [0.15, 0.2) is 207 Å². The molecule has 282 valence electrons. The Morgan fingerprint density at radius 1 is 0.310 bits per heavy atom. The number of nitrogens with zero attached hydrogens (tertiary/aromatic N) is 2. The molecule has 0 aliphatic rings. The van der Waals surface area contributed by atoms with Gasteiger partial charge >= 0.3 is 0 Å². The van der Waals surface area contributed by atoms with Gasteiger partial charge in [0.05, 0.1) is 11.4 Å². The fourth-order valence-electron chi connectivity index (χ4n) is 7.52. The molecule has 2 heteroatoms. The van der Waals surface area contributed by atoms with Crippen molar-refractivity contribution in [3.63, 3.8) is 0 Å². The van der Waals surface area contributed by atoms with Crippen molar-refractivity contribution in [3.8, 4) is 11.1 Å². The van der Waals surface area contributed by atoms with Crippen molar-refractivity contribution in [1.29, 1.82) is 0 Å². The molecule has 0 unspecified atom stereocenters. The molecule has 0 bridgehead atoms. The molecule has 0 atom stereocenters. The van der Waals surface area contributed by atoms with Gasteiger partial charge in [0.25, 0.3) is 0 Å². The normalized spacial score (nSPS) is 10.9. The van der Waals surface area contributed by atoms with Crippen molar-refractivity contribution in [2.45, 2.75) is 27.7 Å². The standard InChI is InChI=1S/C56H48N2/c1-39-15-31-49(32-16-39)57(50-33-17-40(2)18-34-50)55-13-9-7-11-53(55)43(5)45-23-27-47(28-24-45)48-29-25-46(26-30-48)44(6)54-12-8-10-14-56(54)58(51-35-19-41(3)20-36-51)52-37-21-42(4)22-38-52/h7-38H,5-6H2,1-4H3. The molecule has 0 radical (unpaired) electrons. The van der Waals surface area contributed by atoms with Gasteiger partial charge in [0.2, 0.25) is 0 Å². The molecule has 0 heterocycles. The molecule has 0 aliphatic carbocycles. The van der Waals surface area contributed by atoms with E-state index < -0.39 is 0 Å². The van der Waals surface area contributed by atoms with Gasteiger partial charge in [-0.15, -0.1) is 0 Å². The Morgan fingerprint density at radius 2 is 0.569 bits per heavy atom. The van der Waals surface area contributed by atoms with Gasteiger partial charge in [0.1, 0.15) is 0 Å². The summed E-state index contributed by atoms with van der Waals surface area (Å²) in [5, 5.41) is 0. The molecular formula is C56H48N2. The molecule has 0 aromatic heterocycles. The zero-order chi connectivity index (χ0) is 40.2. The van der Waals surface area contributed by atoms with Crippen LogP contribution in [0, 0.1) is 27.7 Å². The first-order valence-electron chi connectivity index (χ1n) is 19.9. The summed E-state index contributed by atoms with van der Waals surface area (Å²) >= 11 is 0. The van der Waals surface area contributed by atoms with Crippen molar-refractivity contribution >= 4 is 45.3 Å². The van der Waals surface area contributed by atoms with Crippen LogP contribution in [0.3, 0.4) is 0 Å².